The van der Waals surface area contributed by atoms with E-state index in [9.17, 15) is 9.59 Å². The molecule has 1 amide bonds. The van der Waals surface area contributed by atoms with Crippen LogP contribution in [0.5, 0.6) is 0 Å². The average molecular weight is 335 g/mol. The van der Waals surface area contributed by atoms with Gasteiger partial charge in [-0.3, -0.25) is 14.5 Å². The first-order valence-corrected chi connectivity index (χ1v) is 6.84. The molecular formula is C14H20Cl2N2O3. The Bertz CT molecular complexity index is 452. The molecule has 0 fully saturated rings. The van der Waals surface area contributed by atoms with Crippen molar-refractivity contribution in [1.29, 1.82) is 0 Å². The van der Waals surface area contributed by atoms with Gasteiger partial charge in [0.05, 0.1) is 13.1 Å². The van der Waals surface area contributed by atoms with Crippen LogP contribution in [-0.4, -0.2) is 41.5 Å². The Labute approximate surface area is 135 Å². The van der Waals surface area contributed by atoms with Crippen LogP contribution >= 0.6 is 24.0 Å². The van der Waals surface area contributed by atoms with E-state index >= 15 is 0 Å². The van der Waals surface area contributed by atoms with E-state index in [-0.39, 0.29) is 31.4 Å². The van der Waals surface area contributed by atoms with Crippen molar-refractivity contribution in [2.75, 3.05) is 19.6 Å². The molecule has 5 nitrogen and oxygen atoms in total. The van der Waals surface area contributed by atoms with Gasteiger partial charge in [0.25, 0.3) is 0 Å². The molecule has 2 N–H and O–H groups in total. The van der Waals surface area contributed by atoms with Gasteiger partial charge in [-0.1, -0.05) is 30.7 Å². The third kappa shape index (κ3) is 8.55. The van der Waals surface area contributed by atoms with Crippen molar-refractivity contribution in [3.05, 3.63) is 34.9 Å². The van der Waals surface area contributed by atoms with Gasteiger partial charge < -0.3 is 10.4 Å². The van der Waals surface area contributed by atoms with E-state index in [1.54, 1.807) is 17.0 Å². The summed E-state index contributed by atoms with van der Waals surface area (Å²) in [6.07, 6.45) is 0.803. The zero-order chi connectivity index (χ0) is 15.0. The number of carbonyl (C=O) groups is 2. The molecule has 1 aromatic rings. The molecule has 7 heteroatoms. The molecule has 0 bridgehead atoms. The largest absolute Gasteiger partial charge is 0.480 e. The minimum Gasteiger partial charge on any atom is -0.480 e. The normalized spacial score (nSPS) is 10.0. The maximum atomic E-state index is 11.8. The highest BCUT2D eigenvalue weighted by molar-refractivity contribution is 6.30. The van der Waals surface area contributed by atoms with E-state index in [4.69, 9.17) is 16.7 Å². The number of carboxylic acid groups (broad SMARTS) is 1. The minimum atomic E-state index is -0.927. The summed E-state index contributed by atoms with van der Waals surface area (Å²) in [7, 11) is 0. The SMILES string of the molecule is CCCN(CC(=O)O)CC(=O)NCc1ccc(Cl)cc1.Cl. The summed E-state index contributed by atoms with van der Waals surface area (Å²) >= 11 is 5.78. The van der Waals surface area contributed by atoms with Gasteiger partial charge in [-0.15, -0.1) is 12.4 Å². The lowest BCUT2D eigenvalue weighted by molar-refractivity contribution is -0.138. The summed E-state index contributed by atoms with van der Waals surface area (Å²) in [5, 5.41) is 12.2. The molecule has 21 heavy (non-hydrogen) atoms. The van der Waals surface area contributed by atoms with E-state index in [0.717, 1.165) is 12.0 Å². The molecule has 0 heterocycles. The predicted molar refractivity (Wildman–Crippen MR) is 84.9 cm³/mol. The van der Waals surface area contributed by atoms with E-state index in [0.29, 0.717) is 18.1 Å². The lowest BCUT2D eigenvalue weighted by atomic mass is 10.2. The summed E-state index contributed by atoms with van der Waals surface area (Å²) < 4.78 is 0. The van der Waals surface area contributed by atoms with E-state index in [2.05, 4.69) is 5.32 Å². The van der Waals surface area contributed by atoms with Crippen LogP contribution in [0.15, 0.2) is 24.3 Å². The number of nitrogens with one attached hydrogen (secondary N) is 1. The topological polar surface area (TPSA) is 69.6 Å². The fraction of sp³-hybridized carbons (Fsp3) is 0.429. The van der Waals surface area contributed by atoms with Crippen LogP contribution < -0.4 is 5.32 Å². The van der Waals surface area contributed by atoms with Gasteiger partial charge in [-0.2, -0.15) is 0 Å². The highest BCUT2D eigenvalue weighted by Gasteiger charge is 2.12. The predicted octanol–water partition coefficient (Wildman–Crippen LogP) is 2.17. The smallest absolute Gasteiger partial charge is 0.317 e. The highest BCUT2D eigenvalue weighted by atomic mass is 35.5. The molecule has 0 saturated carbocycles. The number of carboxylic acids is 1. The van der Waals surface area contributed by atoms with E-state index in [1.807, 2.05) is 19.1 Å². The first-order valence-electron chi connectivity index (χ1n) is 6.46. The molecular weight excluding hydrogens is 315 g/mol. The van der Waals surface area contributed by atoms with Crippen LogP contribution in [0.25, 0.3) is 0 Å². The van der Waals surface area contributed by atoms with Crippen LogP contribution in [0.1, 0.15) is 18.9 Å². The van der Waals surface area contributed by atoms with Gasteiger partial charge in [0.15, 0.2) is 0 Å². The van der Waals surface area contributed by atoms with E-state index < -0.39 is 5.97 Å². The summed E-state index contributed by atoms with van der Waals surface area (Å²) in [6.45, 7) is 2.90. The maximum Gasteiger partial charge on any atom is 0.317 e. The van der Waals surface area contributed by atoms with Crippen molar-refractivity contribution in [2.45, 2.75) is 19.9 Å². The average Bonchev–Trinajstić information content (AvgIpc) is 2.37. The molecule has 0 aliphatic heterocycles. The molecule has 0 radical (unpaired) electrons. The number of benzene rings is 1. The first kappa shape index (κ1) is 19.7. The number of rotatable bonds is 8. The molecule has 0 spiro atoms. The summed E-state index contributed by atoms with van der Waals surface area (Å²) in [5.41, 5.74) is 0.947. The second kappa shape index (κ2) is 10.4. The monoisotopic (exact) mass is 334 g/mol. The Morgan fingerprint density at radius 1 is 1.24 bits per heavy atom. The third-order valence-corrected chi connectivity index (χ3v) is 2.92. The lowest BCUT2D eigenvalue weighted by Crippen LogP contribution is -2.39. The van der Waals surface area contributed by atoms with Crippen molar-refractivity contribution < 1.29 is 14.7 Å². The highest BCUT2D eigenvalue weighted by Crippen LogP contribution is 2.09. The number of carbonyl (C=O) groups excluding carboxylic acids is 1. The summed E-state index contributed by atoms with van der Waals surface area (Å²) in [5.74, 6) is -1.11. The van der Waals surface area contributed by atoms with Crippen molar-refractivity contribution in [3.8, 4) is 0 Å². The van der Waals surface area contributed by atoms with Gasteiger partial charge in [0.1, 0.15) is 0 Å². The number of hydrogen-bond acceptors (Lipinski definition) is 3. The standard InChI is InChI=1S/C14H19ClN2O3.ClH/c1-2-7-17(10-14(19)20)9-13(18)16-8-11-3-5-12(15)6-4-11;/h3-6H,2,7-10H2,1H3,(H,16,18)(H,19,20);1H. The molecule has 0 atom stereocenters. The minimum absolute atomic E-state index is 0. The Hall–Kier alpha value is -1.30. The van der Waals surface area contributed by atoms with Crippen LogP contribution in [0.4, 0.5) is 0 Å². The second-order valence-electron chi connectivity index (χ2n) is 4.51. The number of nitrogens with zero attached hydrogens (tertiary/aromatic N) is 1. The summed E-state index contributed by atoms with van der Waals surface area (Å²) in [6, 6.07) is 7.20. The molecule has 0 saturated heterocycles. The van der Waals surface area contributed by atoms with Crippen molar-refractivity contribution in [2.24, 2.45) is 0 Å². The van der Waals surface area contributed by atoms with Gasteiger partial charge in [0, 0.05) is 11.6 Å². The lowest BCUT2D eigenvalue weighted by Gasteiger charge is -2.18. The molecule has 0 unspecified atom stereocenters. The third-order valence-electron chi connectivity index (χ3n) is 2.67. The number of amides is 1. The molecule has 118 valence electrons. The second-order valence-corrected chi connectivity index (χ2v) is 4.94. The molecule has 1 aromatic carbocycles. The Kier molecular flexibility index (Phi) is 9.78. The molecule has 1 rings (SSSR count). The zero-order valence-corrected chi connectivity index (χ0v) is 13.4. The molecule has 0 aliphatic rings. The van der Waals surface area contributed by atoms with Crippen LogP contribution in [-0.2, 0) is 16.1 Å². The van der Waals surface area contributed by atoms with Crippen molar-refractivity contribution >= 4 is 35.9 Å². The first-order chi connectivity index (χ1) is 9.51. The van der Waals surface area contributed by atoms with Crippen LogP contribution in [0, 0.1) is 0 Å². The van der Waals surface area contributed by atoms with E-state index in [1.165, 1.54) is 0 Å². The number of aliphatic carboxylic acids is 1. The Morgan fingerprint density at radius 2 is 1.86 bits per heavy atom. The van der Waals surface area contributed by atoms with Crippen molar-refractivity contribution in [1.82, 2.24) is 10.2 Å². The van der Waals surface area contributed by atoms with Crippen LogP contribution in [0.2, 0.25) is 5.02 Å². The molecule has 0 aromatic heterocycles. The van der Waals surface area contributed by atoms with Gasteiger partial charge in [0.2, 0.25) is 5.91 Å². The van der Waals surface area contributed by atoms with Gasteiger partial charge in [-0.25, -0.2) is 0 Å². The quantitative estimate of drug-likeness (QED) is 0.764. The van der Waals surface area contributed by atoms with Crippen LogP contribution in [0.3, 0.4) is 0 Å². The Balaban J connectivity index is 0.00000400. The van der Waals surface area contributed by atoms with Crippen molar-refractivity contribution in [3.63, 3.8) is 0 Å². The number of halogens is 2. The van der Waals surface area contributed by atoms with Gasteiger partial charge in [-0.05, 0) is 30.7 Å². The summed E-state index contributed by atoms with van der Waals surface area (Å²) in [4.78, 5) is 24.1. The maximum absolute atomic E-state index is 11.8. The fourth-order valence-electron chi connectivity index (χ4n) is 1.78. The van der Waals surface area contributed by atoms with Gasteiger partial charge >= 0.3 is 5.97 Å². The molecule has 0 aliphatic carbocycles. The fourth-order valence-corrected chi connectivity index (χ4v) is 1.91. The zero-order valence-electron chi connectivity index (χ0n) is 11.8. The Morgan fingerprint density at radius 3 is 2.38 bits per heavy atom. The number of hydrogen-bond donors (Lipinski definition) is 2.